The van der Waals surface area contributed by atoms with Gasteiger partial charge in [-0.2, -0.15) is 0 Å². The number of nitro benzene ring substituents is 1. The highest BCUT2D eigenvalue weighted by Crippen LogP contribution is 2.26. The number of benzene rings is 1. The zero-order valence-corrected chi connectivity index (χ0v) is 7.57. The molecule has 1 heterocycles. The lowest BCUT2D eigenvalue weighted by atomic mass is 10.2. The van der Waals surface area contributed by atoms with Crippen molar-refractivity contribution < 1.29 is 10.0 Å². The maximum Gasteiger partial charge on any atom is 0.296 e. The molecule has 0 radical (unpaired) electrons. The van der Waals surface area contributed by atoms with E-state index < -0.39 is 4.92 Å². The van der Waals surface area contributed by atoms with Crippen LogP contribution in [0.15, 0.2) is 36.9 Å². The van der Waals surface area contributed by atoms with Gasteiger partial charge in [-0.15, -0.1) is 0 Å². The Morgan fingerprint density at radius 1 is 1.47 bits per heavy atom. The van der Waals surface area contributed by atoms with Crippen molar-refractivity contribution in [3.05, 3.63) is 47.0 Å². The minimum atomic E-state index is -0.547. The number of aromatic nitrogens is 2. The molecule has 0 amide bonds. The van der Waals surface area contributed by atoms with Crippen molar-refractivity contribution in [2.24, 2.45) is 0 Å². The predicted molar refractivity (Wildman–Crippen MR) is 51.9 cm³/mol. The fourth-order valence-corrected chi connectivity index (χ4v) is 1.28. The highest BCUT2D eigenvalue weighted by molar-refractivity contribution is 5.55. The Balaban J connectivity index is 2.61. The van der Waals surface area contributed by atoms with Crippen LogP contribution in [-0.4, -0.2) is 19.6 Å². The second kappa shape index (κ2) is 3.41. The Morgan fingerprint density at radius 3 is 2.87 bits per heavy atom. The van der Waals surface area contributed by atoms with Gasteiger partial charge in [-0.05, 0) is 12.1 Å². The van der Waals surface area contributed by atoms with Crippen LogP contribution in [0.4, 0.5) is 5.69 Å². The molecule has 0 saturated heterocycles. The summed E-state index contributed by atoms with van der Waals surface area (Å²) in [5.41, 5.74) is 0.211. The Hall–Kier alpha value is -2.37. The third kappa shape index (κ3) is 1.64. The molecule has 76 valence electrons. The lowest BCUT2D eigenvalue weighted by Crippen LogP contribution is -1.97. The van der Waals surface area contributed by atoms with Gasteiger partial charge in [0.2, 0.25) is 0 Å². The third-order valence-electron chi connectivity index (χ3n) is 1.94. The van der Waals surface area contributed by atoms with Gasteiger partial charge in [0.1, 0.15) is 11.4 Å². The molecule has 0 saturated carbocycles. The number of hydrogen-bond donors (Lipinski definition) is 1. The zero-order valence-electron chi connectivity index (χ0n) is 7.57. The van der Waals surface area contributed by atoms with Crippen molar-refractivity contribution in [3.63, 3.8) is 0 Å². The fraction of sp³-hybridized carbons (Fsp3) is 0. The van der Waals surface area contributed by atoms with Crippen LogP contribution in [-0.2, 0) is 0 Å². The van der Waals surface area contributed by atoms with E-state index >= 15 is 0 Å². The van der Waals surface area contributed by atoms with Gasteiger partial charge in [-0.25, -0.2) is 4.98 Å². The van der Waals surface area contributed by atoms with Gasteiger partial charge >= 0.3 is 0 Å². The van der Waals surface area contributed by atoms with E-state index in [4.69, 9.17) is 5.11 Å². The quantitative estimate of drug-likeness (QED) is 0.594. The van der Waals surface area contributed by atoms with E-state index in [0.29, 0.717) is 5.69 Å². The molecule has 1 aromatic carbocycles. The van der Waals surface area contributed by atoms with Gasteiger partial charge in [0.25, 0.3) is 5.69 Å². The van der Waals surface area contributed by atoms with Gasteiger partial charge in [-0.3, -0.25) is 10.1 Å². The van der Waals surface area contributed by atoms with Crippen molar-refractivity contribution in [1.82, 2.24) is 9.55 Å². The van der Waals surface area contributed by atoms with E-state index in [1.807, 2.05) is 0 Å². The van der Waals surface area contributed by atoms with E-state index in [0.717, 1.165) is 6.07 Å². The molecule has 6 heteroatoms. The molecule has 15 heavy (non-hydrogen) atoms. The molecule has 0 aliphatic heterocycles. The molecule has 0 spiro atoms. The SMILES string of the molecule is O=[N+]([O-])c1cc(O)ccc1-n1ccnc1. The highest BCUT2D eigenvalue weighted by Gasteiger charge is 2.15. The van der Waals surface area contributed by atoms with Crippen LogP contribution >= 0.6 is 0 Å². The number of nitro groups is 1. The lowest BCUT2D eigenvalue weighted by Gasteiger charge is -2.03. The Kier molecular flexibility index (Phi) is 2.09. The van der Waals surface area contributed by atoms with Crippen molar-refractivity contribution in [3.8, 4) is 11.4 Å². The van der Waals surface area contributed by atoms with Crippen molar-refractivity contribution >= 4 is 5.69 Å². The average Bonchev–Trinajstić information content (AvgIpc) is 2.70. The number of rotatable bonds is 2. The second-order valence-corrected chi connectivity index (χ2v) is 2.90. The normalized spacial score (nSPS) is 10.1. The molecule has 0 aliphatic carbocycles. The largest absolute Gasteiger partial charge is 0.508 e. The van der Waals surface area contributed by atoms with E-state index in [1.54, 1.807) is 6.20 Å². The number of phenols is 1. The molecule has 1 N–H and O–H groups in total. The molecule has 1 aromatic heterocycles. The highest BCUT2D eigenvalue weighted by atomic mass is 16.6. The maximum absolute atomic E-state index is 10.7. The molecular formula is C9H7N3O3. The van der Waals surface area contributed by atoms with E-state index in [1.165, 1.54) is 29.2 Å². The monoisotopic (exact) mass is 205 g/mol. The van der Waals surface area contributed by atoms with E-state index in [-0.39, 0.29) is 11.4 Å². The van der Waals surface area contributed by atoms with E-state index in [2.05, 4.69) is 4.98 Å². The fourth-order valence-electron chi connectivity index (χ4n) is 1.28. The molecular weight excluding hydrogens is 198 g/mol. The summed E-state index contributed by atoms with van der Waals surface area (Å²) in [6, 6.07) is 3.97. The average molecular weight is 205 g/mol. The lowest BCUT2D eigenvalue weighted by molar-refractivity contribution is -0.384. The summed E-state index contributed by atoms with van der Waals surface area (Å²) in [6.45, 7) is 0. The van der Waals surface area contributed by atoms with Crippen LogP contribution in [0.5, 0.6) is 5.75 Å². The summed E-state index contributed by atoms with van der Waals surface area (Å²) < 4.78 is 1.51. The minimum Gasteiger partial charge on any atom is -0.508 e. The maximum atomic E-state index is 10.7. The molecule has 0 unspecified atom stereocenters. The summed E-state index contributed by atoms with van der Waals surface area (Å²) in [7, 11) is 0. The second-order valence-electron chi connectivity index (χ2n) is 2.90. The molecule has 0 aliphatic rings. The molecule has 2 aromatic rings. The molecule has 2 rings (SSSR count). The standard InChI is InChI=1S/C9H7N3O3/c13-7-1-2-8(9(5-7)12(14)15)11-4-3-10-6-11/h1-6,13H. The molecule has 0 fully saturated rings. The van der Waals surface area contributed by atoms with Gasteiger partial charge < -0.3 is 9.67 Å². The van der Waals surface area contributed by atoms with Gasteiger partial charge in [-0.1, -0.05) is 0 Å². The number of imidazole rings is 1. The van der Waals surface area contributed by atoms with Gasteiger partial charge in [0, 0.05) is 12.4 Å². The topological polar surface area (TPSA) is 81.2 Å². The number of hydrogen-bond acceptors (Lipinski definition) is 4. The Bertz CT molecular complexity index is 493. The van der Waals surface area contributed by atoms with Crippen LogP contribution in [0.2, 0.25) is 0 Å². The zero-order chi connectivity index (χ0) is 10.8. The summed E-state index contributed by atoms with van der Waals surface area (Å²) in [5, 5.41) is 19.9. The van der Waals surface area contributed by atoms with Crippen molar-refractivity contribution in [2.75, 3.05) is 0 Å². The first-order chi connectivity index (χ1) is 7.18. The summed E-state index contributed by atoms with van der Waals surface area (Å²) >= 11 is 0. The summed E-state index contributed by atoms with van der Waals surface area (Å²) in [5.74, 6) is -0.134. The minimum absolute atomic E-state index is 0.134. The van der Waals surface area contributed by atoms with Crippen molar-refractivity contribution in [1.29, 1.82) is 0 Å². The van der Waals surface area contributed by atoms with Crippen LogP contribution < -0.4 is 0 Å². The molecule has 6 nitrogen and oxygen atoms in total. The predicted octanol–water partition coefficient (Wildman–Crippen LogP) is 1.49. The number of aromatic hydroxyl groups is 1. The first-order valence-electron chi connectivity index (χ1n) is 4.14. The summed E-state index contributed by atoms with van der Waals surface area (Å²) in [6.07, 6.45) is 4.58. The first kappa shape index (κ1) is 9.20. The first-order valence-corrected chi connectivity index (χ1v) is 4.14. The molecule has 0 bridgehead atoms. The van der Waals surface area contributed by atoms with E-state index in [9.17, 15) is 10.1 Å². The Morgan fingerprint density at radius 2 is 2.27 bits per heavy atom. The van der Waals surface area contributed by atoms with Crippen LogP contribution in [0.3, 0.4) is 0 Å². The third-order valence-corrected chi connectivity index (χ3v) is 1.94. The van der Waals surface area contributed by atoms with Crippen molar-refractivity contribution in [2.45, 2.75) is 0 Å². The van der Waals surface area contributed by atoms with Crippen LogP contribution in [0, 0.1) is 10.1 Å². The van der Waals surface area contributed by atoms with Gasteiger partial charge in [0.05, 0.1) is 17.3 Å². The number of phenolic OH excluding ortho intramolecular Hbond substituents is 1. The number of nitrogens with zero attached hydrogens (tertiary/aromatic N) is 3. The van der Waals surface area contributed by atoms with Crippen LogP contribution in [0.1, 0.15) is 0 Å². The van der Waals surface area contributed by atoms with Crippen LogP contribution in [0.25, 0.3) is 5.69 Å². The smallest absolute Gasteiger partial charge is 0.296 e. The molecule has 0 atom stereocenters. The Labute approximate surface area is 84.6 Å². The summed E-state index contributed by atoms with van der Waals surface area (Å²) in [4.78, 5) is 14.0. The van der Waals surface area contributed by atoms with Gasteiger partial charge in [0.15, 0.2) is 0 Å².